The first-order valence-electron chi connectivity index (χ1n) is 12.2. The third-order valence-corrected chi connectivity index (χ3v) is 7.75. The van der Waals surface area contributed by atoms with Gasteiger partial charge in [-0.2, -0.15) is 11.8 Å². The van der Waals surface area contributed by atoms with Crippen LogP contribution in [0.2, 0.25) is 0 Å². The number of carbonyl (C=O) groups excluding carboxylic acids is 1. The van der Waals surface area contributed by atoms with Gasteiger partial charge in [-0.1, -0.05) is 54.6 Å². The predicted molar refractivity (Wildman–Crippen MR) is 145 cm³/mol. The smallest absolute Gasteiger partial charge is 0.230 e. The van der Waals surface area contributed by atoms with Crippen molar-refractivity contribution in [1.82, 2.24) is 10.2 Å². The Morgan fingerprint density at radius 3 is 2.63 bits per heavy atom. The molecule has 1 fully saturated rings. The van der Waals surface area contributed by atoms with Gasteiger partial charge in [-0.25, -0.2) is 0 Å². The topological polar surface area (TPSA) is 50.8 Å². The molecule has 1 N–H and O–H groups in total. The number of nitrogens with zero attached hydrogens (tertiary/aromatic N) is 1. The molecule has 1 aliphatic heterocycles. The summed E-state index contributed by atoms with van der Waals surface area (Å²) < 4.78 is 11.7. The molecule has 2 aliphatic rings. The fraction of sp³-hybridized carbons (Fsp3) is 0.414. The highest BCUT2D eigenvalue weighted by Gasteiger charge is 2.54. The van der Waals surface area contributed by atoms with Gasteiger partial charge in [0.05, 0.1) is 31.6 Å². The van der Waals surface area contributed by atoms with Gasteiger partial charge < -0.3 is 14.8 Å². The van der Waals surface area contributed by atoms with E-state index in [9.17, 15) is 4.79 Å². The molecule has 0 saturated carbocycles. The van der Waals surface area contributed by atoms with Gasteiger partial charge in [0.25, 0.3) is 0 Å². The molecule has 0 radical (unpaired) electrons. The normalized spacial score (nSPS) is 21.2. The Labute approximate surface area is 213 Å². The summed E-state index contributed by atoms with van der Waals surface area (Å²) in [4.78, 5) is 15.1. The number of methoxy groups -OCH3 is 1. The molecule has 2 atom stereocenters. The largest absolute Gasteiger partial charge is 0.497 e. The third kappa shape index (κ3) is 5.66. The van der Waals surface area contributed by atoms with E-state index in [2.05, 4.69) is 65.3 Å². The lowest BCUT2D eigenvalue weighted by molar-refractivity contribution is -0.121. The molecule has 5 nitrogen and oxygen atoms in total. The minimum atomic E-state index is -0.132. The van der Waals surface area contributed by atoms with E-state index in [1.165, 1.54) is 16.7 Å². The first-order chi connectivity index (χ1) is 17.1. The maximum Gasteiger partial charge on any atom is 0.230 e. The Hall–Kier alpha value is -2.54. The minimum Gasteiger partial charge on any atom is -0.497 e. The molecule has 4 rings (SSSR count). The zero-order valence-electron chi connectivity index (χ0n) is 20.7. The lowest BCUT2D eigenvalue weighted by Gasteiger charge is -2.44. The van der Waals surface area contributed by atoms with Crippen molar-refractivity contribution >= 4 is 23.7 Å². The van der Waals surface area contributed by atoms with E-state index in [0.29, 0.717) is 12.4 Å². The van der Waals surface area contributed by atoms with E-state index in [0.717, 1.165) is 38.2 Å². The van der Waals surface area contributed by atoms with Crippen molar-refractivity contribution in [2.45, 2.75) is 30.4 Å². The van der Waals surface area contributed by atoms with Crippen molar-refractivity contribution in [2.75, 3.05) is 45.4 Å². The first-order valence-corrected chi connectivity index (χ1v) is 13.6. The number of piperidine rings is 1. The van der Waals surface area contributed by atoms with Gasteiger partial charge >= 0.3 is 0 Å². The van der Waals surface area contributed by atoms with Crippen molar-refractivity contribution in [1.29, 1.82) is 0 Å². The number of nitrogens with one attached hydrogen (secondary N) is 1. The van der Waals surface area contributed by atoms with Crippen LogP contribution >= 0.6 is 11.8 Å². The van der Waals surface area contributed by atoms with Gasteiger partial charge in [-0.05, 0) is 61.0 Å². The molecular formula is C29H36N2O3S. The Morgan fingerprint density at radius 2 is 1.94 bits per heavy atom. The molecule has 1 amide bonds. The molecule has 1 heterocycles. The van der Waals surface area contributed by atoms with E-state index < -0.39 is 0 Å². The van der Waals surface area contributed by atoms with Crippen LogP contribution in [0.4, 0.5) is 0 Å². The second-order valence-corrected chi connectivity index (χ2v) is 10.1. The van der Waals surface area contributed by atoms with Crippen molar-refractivity contribution in [3.8, 4) is 5.75 Å². The van der Waals surface area contributed by atoms with Crippen molar-refractivity contribution in [3.63, 3.8) is 0 Å². The summed E-state index contributed by atoms with van der Waals surface area (Å²) in [6, 6.07) is 16.6. The van der Waals surface area contributed by atoms with Crippen molar-refractivity contribution in [2.24, 2.45) is 0 Å². The Bertz CT molecular complexity index is 1030. The second kappa shape index (κ2) is 11.9. The number of thioether (sulfide) groups is 1. The highest BCUT2D eigenvalue weighted by molar-refractivity contribution is 7.99. The lowest BCUT2D eigenvalue weighted by atomic mass is 9.72. The summed E-state index contributed by atoms with van der Waals surface area (Å²) in [5.41, 5.74) is 3.60. The number of amides is 1. The van der Waals surface area contributed by atoms with Gasteiger partial charge in [0.15, 0.2) is 0 Å². The summed E-state index contributed by atoms with van der Waals surface area (Å²) in [6.07, 6.45) is 10.1. The van der Waals surface area contributed by atoms with Crippen molar-refractivity contribution < 1.29 is 14.3 Å². The predicted octanol–water partition coefficient (Wildman–Crippen LogP) is 4.85. The Morgan fingerprint density at radius 1 is 1.20 bits per heavy atom. The molecule has 0 unspecified atom stereocenters. The van der Waals surface area contributed by atoms with Crippen LogP contribution in [0.5, 0.6) is 5.75 Å². The van der Waals surface area contributed by atoms with E-state index in [4.69, 9.17) is 9.47 Å². The lowest BCUT2D eigenvalue weighted by Crippen LogP contribution is -2.51. The summed E-state index contributed by atoms with van der Waals surface area (Å²) in [5, 5.41) is 3.29. The first kappa shape index (κ1) is 25.5. The highest BCUT2D eigenvalue weighted by Crippen LogP contribution is 2.52. The maximum atomic E-state index is 12.6. The zero-order chi connectivity index (χ0) is 24.7. The van der Waals surface area contributed by atoms with E-state index in [-0.39, 0.29) is 23.5 Å². The molecule has 1 aliphatic carbocycles. The molecular weight excluding hydrogens is 456 g/mol. The molecule has 0 aromatic heterocycles. The molecule has 6 heteroatoms. The van der Waals surface area contributed by atoms with Crippen LogP contribution in [0.15, 0.2) is 67.3 Å². The average molecular weight is 493 g/mol. The number of likely N-dealkylation sites (tertiary alicyclic amines) is 1. The summed E-state index contributed by atoms with van der Waals surface area (Å²) in [5.74, 6) is 1.38. The van der Waals surface area contributed by atoms with E-state index in [1.54, 1.807) is 24.9 Å². The maximum absolute atomic E-state index is 12.6. The number of rotatable bonds is 10. The second-order valence-electron chi connectivity index (χ2n) is 9.24. The van der Waals surface area contributed by atoms with E-state index >= 15 is 0 Å². The van der Waals surface area contributed by atoms with Gasteiger partial charge in [0.2, 0.25) is 5.91 Å². The minimum absolute atomic E-state index is 0.0580. The Balaban J connectivity index is 1.48. The van der Waals surface area contributed by atoms with Crippen molar-refractivity contribution in [3.05, 3.63) is 84.0 Å². The number of ether oxygens (including phenoxy) is 2. The summed E-state index contributed by atoms with van der Waals surface area (Å²) >= 11 is 1.54. The Kier molecular flexibility index (Phi) is 8.71. The van der Waals surface area contributed by atoms with Crippen LogP contribution in [0.25, 0.3) is 6.08 Å². The van der Waals surface area contributed by atoms with Crippen LogP contribution < -0.4 is 10.1 Å². The van der Waals surface area contributed by atoms with Crippen LogP contribution in [0.3, 0.4) is 0 Å². The molecule has 1 spiro atoms. The monoisotopic (exact) mass is 492 g/mol. The molecule has 2 aromatic rings. The molecule has 35 heavy (non-hydrogen) atoms. The van der Waals surface area contributed by atoms with Crippen LogP contribution in [0, 0.1) is 0 Å². The average Bonchev–Trinajstić information content (AvgIpc) is 3.13. The highest BCUT2D eigenvalue weighted by atomic mass is 32.2. The zero-order valence-corrected chi connectivity index (χ0v) is 21.6. The number of fused-ring (bicyclic) bond motifs is 2. The van der Waals surface area contributed by atoms with Crippen LogP contribution in [0.1, 0.15) is 35.6 Å². The summed E-state index contributed by atoms with van der Waals surface area (Å²) in [6.45, 7) is 7.22. The van der Waals surface area contributed by atoms with E-state index in [1.807, 2.05) is 18.4 Å². The number of carbonyl (C=O) groups is 1. The van der Waals surface area contributed by atoms with Crippen LogP contribution in [-0.4, -0.2) is 62.3 Å². The van der Waals surface area contributed by atoms with Gasteiger partial charge in [-0.15, -0.1) is 6.58 Å². The standard InChI is InChI=1S/C29H36N2O3S/c1-4-20-34-28-27(30-26(32)21-35-3)24-9-5-6-10-25(24)29(28)15-18-31(19-16-29)17-7-8-22-11-13-23(33-2)14-12-22/h4-14,27-28H,1,15-21H2,2-3H3,(H,30,32)/b8-7+/t27-,28+/m1/s1. The molecule has 186 valence electrons. The fourth-order valence-corrected chi connectivity index (χ4v) is 5.87. The molecule has 0 bridgehead atoms. The fourth-order valence-electron chi connectivity index (χ4n) is 5.53. The molecule has 2 aromatic carbocycles. The quantitative estimate of drug-likeness (QED) is 0.481. The van der Waals surface area contributed by atoms with Gasteiger partial charge in [0, 0.05) is 12.0 Å². The molecule has 1 saturated heterocycles. The third-order valence-electron chi connectivity index (χ3n) is 7.20. The number of hydrogen-bond acceptors (Lipinski definition) is 5. The number of hydrogen-bond donors (Lipinski definition) is 1. The SMILES string of the molecule is C=CCO[C@H]1[C@H](NC(=O)CSC)c2ccccc2C12CCN(C/C=C/c1ccc(OC)cc1)CC2. The van der Waals surface area contributed by atoms with Crippen LogP contribution in [-0.2, 0) is 14.9 Å². The number of benzene rings is 2. The van der Waals surface area contributed by atoms with Gasteiger partial charge in [0.1, 0.15) is 5.75 Å². The van der Waals surface area contributed by atoms with Gasteiger partial charge in [-0.3, -0.25) is 9.69 Å². The summed E-state index contributed by atoms with van der Waals surface area (Å²) in [7, 11) is 1.68.